The summed E-state index contributed by atoms with van der Waals surface area (Å²) in [5, 5.41) is 7.12. The molecule has 0 aromatic carbocycles. The molecule has 3 fully saturated rings. The van der Waals surface area contributed by atoms with Crippen LogP contribution in [0.25, 0.3) is 0 Å². The zero-order valence-electron chi connectivity index (χ0n) is 18.1. The van der Waals surface area contributed by atoms with Gasteiger partial charge in [-0.1, -0.05) is 6.92 Å². The summed E-state index contributed by atoms with van der Waals surface area (Å²) in [6, 6.07) is 2.16. The van der Waals surface area contributed by atoms with E-state index in [1.54, 1.807) is 0 Å². The fourth-order valence-corrected chi connectivity index (χ4v) is 4.64. The molecule has 0 spiro atoms. The Labute approximate surface area is 185 Å². The molecular formula is C21H35N7OS. The molecule has 166 valence electrons. The molecule has 30 heavy (non-hydrogen) atoms. The predicted molar refractivity (Wildman–Crippen MR) is 126 cm³/mol. The minimum atomic E-state index is 0.583. The van der Waals surface area contributed by atoms with Gasteiger partial charge in [0.25, 0.3) is 0 Å². The smallest absolute Gasteiger partial charge is 0.232 e. The van der Waals surface area contributed by atoms with Crippen molar-refractivity contribution in [3.63, 3.8) is 0 Å². The van der Waals surface area contributed by atoms with Crippen LogP contribution in [-0.2, 0) is 4.74 Å². The van der Waals surface area contributed by atoms with E-state index in [0.29, 0.717) is 17.0 Å². The van der Waals surface area contributed by atoms with Crippen molar-refractivity contribution in [2.75, 3.05) is 80.7 Å². The van der Waals surface area contributed by atoms with Crippen molar-refractivity contribution in [1.82, 2.24) is 20.2 Å². The van der Waals surface area contributed by atoms with Crippen LogP contribution in [0.2, 0.25) is 0 Å². The van der Waals surface area contributed by atoms with Crippen LogP contribution in [-0.4, -0.2) is 85.6 Å². The molecule has 1 aromatic heterocycles. The summed E-state index contributed by atoms with van der Waals surface area (Å²) in [6.07, 6.45) is 4.96. The van der Waals surface area contributed by atoms with Crippen LogP contribution in [0.15, 0.2) is 6.07 Å². The fourth-order valence-electron chi connectivity index (χ4n) is 4.44. The lowest BCUT2D eigenvalue weighted by Crippen LogP contribution is -2.42. The molecule has 0 amide bonds. The second kappa shape index (κ2) is 10.5. The summed E-state index contributed by atoms with van der Waals surface area (Å²) >= 11 is 5.53. The highest BCUT2D eigenvalue weighted by Gasteiger charge is 2.22. The minimum Gasteiger partial charge on any atom is -0.379 e. The van der Waals surface area contributed by atoms with Gasteiger partial charge in [0.05, 0.1) is 13.2 Å². The molecule has 0 bridgehead atoms. The maximum absolute atomic E-state index is 5.53. The Morgan fingerprint density at radius 2 is 1.77 bits per heavy atom. The van der Waals surface area contributed by atoms with Crippen LogP contribution in [0, 0.1) is 5.92 Å². The highest BCUT2D eigenvalue weighted by molar-refractivity contribution is 7.80. The molecule has 3 aliphatic heterocycles. The molecule has 3 aliphatic rings. The monoisotopic (exact) mass is 433 g/mol. The van der Waals surface area contributed by atoms with Gasteiger partial charge in [-0.2, -0.15) is 9.97 Å². The fraction of sp³-hybridized carbons (Fsp3) is 0.762. The van der Waals surface area contributed by atoms with Gasteiger partial charge in [0.1, 0.15) is 11.6 Å². The number of rotatable bonds is 6. The number of thiocarbonyl (C=S) groups is 1. The Balaban J connectivity index is 1.39. The first-order valence-corrected chi connectivity index (χ1v) is 11.8. The minimum absolute atomic E-state index is 0.583. The van der Waals surface area contributed by atoms with Crippen LogP contribution in [0.3, 0.4) is 0 Å². The van der Waals surface area contributed by atoms with Crippen LogP contribution in [0.5, 0.6) is 0 Å². The summed E-state index contributed by atoms with van der Waals surface area (Å²) in [5.74, 6) is 3.31. The van der Waals surface area contributed by atoms with Crippen molar-refractivity contribution < 1.29 is 4.74 Å². The summed E-state index contributed by atoms with van der Waals surface area (Å²) in [7, 11) is 0. The third-order valence-electron chi connectivity index (χ3n) is 6.15. The van der Waals surface area contributed by atoms with E-state index in [9.17, 15) is 0 Å². The number of piperidine rings is 1. The van der Waals surface area contributed by atoms with Crippen LogP contribution in [0.4, 0.5) is 17.6 Å². The lowest BCUT2D eigenvalue weighted by molar-refractivity contribution is 0.0389. The van der Waals surface area contributed by atoms with Crippen molar-refractivity contribution in [3.8, 4) is 0 Å². The first kappa shape index (κ1) is 21.5. The highest BCUT2D eigenvalue weighted by Crippen LogP contribution is 2.27. The standard InChI is InChI=1S/C21H35N7OS/c1-17-5-4-9-28(16-17)19-15-18(27-7-2-3-8-27)23-20(24-19)25-21(30)22-6-10-26-11-13-29-14-12-26/h15,17H,2-14,16H2,1H3,(H2,22,23,24,25,30)/t17-/m1/s1. The Kier molecular flexibility index (Phi) is 7.57. The average Bonchev–Trinajstić information content (AvgIpc) is 3.29. The Morgan fingerprint density at radius 3 is 2.50 bits per heavy atom. The van der Waals surface area contributed by atoms with Crippen LogP contribution < -0.4 is 20.4 Å². The van der Waals surface area contributed by atoms with Crippen LogP contribution in [0.1, 0.15) is 32.6 Å². The number of aromatic nitrogens is 2. The number of nitrogens with one attached hydrogen (secondary N) is 2. The third kappa shape index (κ3) is 5.92. The second-order valence-corrected chi connectivity index (χ2v) is 9.04. The predicted octanol–water partition coefficient (Wildman–Crippen LogP) is 1.93. The van der Waals surface area contributed by atoms with Gasteiger partial charge >= 0.3 is 0 Å². The number of morpholine rings is 1. The average molecular weight is 434 g/mol. The number of anilines is 3. The number of hydrogen-bond donors (Lipinski definition) is 2. The molecule has 1 aromatic rings. The highest BCUT2D eigenvalue weighted by atomic mass is 32.1. The summed E-state index contributed by atoms with van der Waals surface area (Å²) in [5.41, 5.74) is 0. The Bertz CT molecular complexity index is 707. The van der Waals surface area contributed by atoms with Crippen molar-refractivity contribution in [3.05, 3.63) is 6.07 Å². The quantitative estimate of drug-likeness (QED) is 0.655. The normalized spacial score (nSPS) is 22.9. The van der Waals surface area contributed by atoms with Crippen LogP contribution >= 0.6 is 12.2 Å². The zero-order valence-corrected chi connectivity index (χ0v) is 18.9. The third-order valence-corrected chi connectivity index (χ3v) is 6.40. The number of nitrogens with zero attached hydrogens (tertiary/aromatic N) is 5. The van der Waals surface area contributed by atoms with E-state index in [1.807, 2.05) is 0 Å². The van der Waals surface area contributed by atoms with Gasteiger partial charge in [0.2, 0.25) is 5.95 Å². The van der Waals surface area contributed by atoms with E-state index in [4.69, 9.17) is 26.9 Å². The molecule has 0 saturated carbocycles. The van der Waals surface area contributed by atoms with Gasteiger partial charge in [-0.15, -0.1) is 0 Å². The molecule has 0 aliphatic carbocycles. The first-order chi connectivity index (χ1) is 14.7. The molecular weight excluding hydrogens is 398 g/mol. The summed E-state index contributed by atoms with van der Waals surface area (Å²) in [4.78, 5) is 16.8. The van der Waals surface area contributed by atoms with Crippen molar-refractivity contribution >= 4 is 34.9 Å². The van der Waals surface area contributed by atoms with Gasteiger partial charge in [-0.05, 0) is 43.8 Å². The van der Waals surface area contributed by atoms with E-state index in [2.05, 4.69) is 38.3 Å². The molecule has 2 N–H and O–H groups in total. The molecule has 8 nitrogen and oxygen atoms in total. The lowest BCUT2D eigenvalue weighted by atomic mass is 10.0. The van der Waals surface area contributed by atoms with E-state index < -0.39 is 0 Å². The molecule has 1 atom stereocenters. The van der Waals surface area contributed by atoms with Gasteiger partial charge in [0.15, 0.2) is 5.11 Å². The van der Waals surface area contributed by atoms with Gasteiger partial charge in [-0.3, -0.25) is 4.90 Å². The van der Waals surface area contributed by atoms with Gasteiger partial charge in [0, 0.05) is 58.4 Å². The molecule has 9 heteroatoms. The van der Waals surface area contributed by atoms with Gasteiger partial charge < -0.3 is 25.2 Å². The van der Waals surface area contributed by atoms with E-state index in [-0.39, 0.29) is 0 Å². The lowest BCUT2D eigenvalue weighted by Gasteiger charge is -2.32. The topological polar surface area (TPSA) is 68.8 Å². The molecule has 3 saturated heterocycles. The Hall–Kier alpha value is -1.71. The largest absolute Gasteiger partial charge is 0.379 e. The maximum atomic E-state index is 5.53. The second-order valence-electron chi connectivity index (χ2n) is 8.63. The summed E-state index contributed by atoms with van der Waals surface area (Å²) < 4.78 is 5.40. The van der Waals surface area contributed by atoms with E-state index in [0.717, 1.165) is 77.2 Å². The van der Waals surface area contributed by atoms with Gasteiger partial charge in [-0.25, -0.2) is 0 Å². The number of hydrogen-bond acceptors (Lipinski definition) is 7. The Morgan fingerprint density at radius 1 is 1.07 bits per heavy atom. The zero-order chi connectivity index (χ0) is 20.8. The van der Waals surface area contributed by atoms with E-state index >= 15 is 0 Å². The SMILES string of the molecule is C[C@@H]1CCCN(c2cc(N3CCCC3)nc(NC(=S)NCCN3CCOCC3)n2)C1. The maximum Gasteiger partial charge on any atom is 0.232 e. The molecule has 0 unspecified atom stereocenters. The van der Waals surface area contributed by atoms with Crippen molar-refractivity contribution in [2.45, 2.75) is 32.6 Å². The van der Waals surface area contributed by atoms with Crippen molar-refractivity contribution in [1.29, 1.82) is 0 Å². The number of ether oxygens (including phenoxy) is 1. The molecule has 4 rings (SSSR count). The molecule has 0 radical (unpaired) electrons. The van der Waals surface area contributed by atoms with Crippen molar-refractivity contribution in [2.24, 2.45) is 5.92 Å². The van der Waals surface area contributed by atoms with E-state index in [1.165, 1.54) is 25.7 Å². The summed E-state index contributed by atoms with van der Waals surface area (Å²) in [6.45, 7) is 11.9. The molecule has 4 heterocycles. The first-order valence-electron chi connectivity index (χ1n) is 11.4.